The molecule has 2 heterocycles. The maximum atomic E-state index is 5.34. The number of imidazole rings is 1. The van der Waals surface area contributed by atoms with Crippen LogP contribution in [0.25, 0.3) is 11.0 Å². The van der Waals surface area contributed by atoms with Crippen molar-refractivity contribution in [3.8, 4) is 0 Å². The number of anilines is 1. The number of nitrogens with zero attached hydrogens (tertiary/aromatic N) is 2. The number of ether oxygens (including phenoxy) is 1. The van der Waals surface area contributed by atoms with E-state index in [0.717, 1.165) is 36.6 Å². The first kappa shape index (κ1) is 9.66. The quantitative estimate of drug-likeness (QED) is 0.833. The van der Waals surface area contributed by atoms with Crippen molar-refractivity contribution in [2.45, 2.75) is 12.5 Å². The third kappa shape index (κ3) is 1.55. The third-order valence-electron chi connectivity index (χ3n) is 3.05. The van der Waals surface area contributed by atoms with Gasteiger partial charge in [-0.25, -0.2) is 4.98 Å². The Morgan fingerprint density at radius 1 is 1.44 bits per heavy atom. The molecule has 0 spiro atoms. The standard InChI is InChI=1S/C12H15N3O/c1-15-11-5-3-2-4-10(11)14-12(15)13-9-6-7-16-8-9/h2-5,9H,6-8H2,1H3,(H,13,14). The SMILES string of the molecule is Cn1c(NC2CCOC2)nc2ccccc21. The van der Waals surface area contributed by atoms with Crippen LogP contribution in [0.5, 0.6) is 0 Å². The Morgan fingerprint density at radius 3 is 3.06 bits per heavy atom. The summed E-state index contributed by atoms with van der Waals surface area (Å²) in [5.41, 5.74) is 2.19. The van der Waals surface area contributed by atoms with Crippen LogP contribution in [0.1, 0.15) is 6.42 Å². The molecule has 2 aromatic rings. The summed E-state index contributed by atoms with van der Waals surface area (Å²) < 4.78 is 7.43. The molecule has 1 aliphatic heterocycles. The molecule has 1 aromatic heterocycles. The van der Waals surface area contributed by atoms with Crippen molar-refractivity contribution in [3.05, 3.63) is 24.3 Å². The molecule has 1 saturated heterocycles. The van der Waals surface area contributed by atoms with E-state index in [-0.39, 0.29) is 0 Å². The Hall–Kier alpha value is -1.55. The van der Waals surface area contributed by atoms with Gasteiger partial charge in [0.25, 0.3) is 0 Å². The van der Waals surface area contributed by atoms with Gasteiger partial charge in [-0.2, -0.15) is 0 Å². The molecular formula is C12H15N3O. The normalized spacial score (nSPS) is 20.4. The van der Waals surface area contributed by atoms with Gasteiger partial charge in [0, 0.05) is 13.7 Å². The van der Waals surface area contributed by atoms with Gasteiger partial charge in [-0.05, 0) is 18.6 Å². The Bertz CT molecular complexity index is 500. The summed E-state index contributed by atoms with van der Waals surface area (Å²) in [5.74, 6) is 0.928. The summed E-state index contributed by atoms with van der Waals surface area (Å²) in [6, 6.07) is 8.56. The minimum absolute atomic E-state index is 0.399. The maximum Gasteiger partial charge on any atom is 0.203 e. The van der Waals surface area contributed by atoms with E-state index in [1.165, 1.54) is 0 Å². The molecule has 0 radical (unpaired) electrons. The predicted octanol–water partition coefficient (Wildman–Crippen LogP) is 1.77. The molecule has 1 unspecified atom stereocenters. The van der Waals surface area contributed by atoms with E-state index in [1.807, 2.05) is 25.2 Å². The number of aryl methyl sites for hydroxylation is 1. The molecule has 4 heteroatoms. The lowest BCUT2D eigenvalue weighted by atomic mass is 10.3. The molecule has 1 atom stereocenters. The highest BCUT2D eigenvalue weighted by atomic mass is 16.5. The fourth-order valence-electron chi connectivity index (χ4n) is 2.11. The third-order valence-corrected chi connectivity index (χ3v) is 3.05. The molecule has 16 heavy (non-hydrogen) atoms. The number of aromatic nitrogens is 2. The molecular weight excluding hydrogens is 202 g/mol. The number of hydrogen-bond acceptors (Lipinski definition) is 3. The fraction of sp³-hybridized carbons (Fsp3) is 0.417. The average molecular weight is 217 g/mol. The lowest BCUT2D eigenvalue weighted by Gasteiger charge is -2.11. The number of nitrogens with one attached hydrogen (secondary N) is 1. The summed E-state index contributed by atoms with van der Waals surface area (Å²) in [4.78, 5) is 4.57. The number of para-hydroxylation sites is 2. The lowest BCUT2D eigenvalue weighted by molar-refractivity contribution is 0.195. The second-order valence-electron chi connectivity index (χ2n) is 4.19. The van der Waals surface area contributed by atoms with Crippen molar-refractivity contribution in [2.24, 2.45) is 7.05 Å². The minimum atomic E-state index is 0.399. The van der Waals surface area contributed by atoms with Crippen molar-refractivity contribution in [2.75, 3.05) is 18.5 Å². The van der Waals surface area contributed by atoms with Crippen molar-refractivity contribution in [1.82, 2.24) is 9.55 Å². The second-order valence-corrected chi connectivity index (χ2v) is 4.19. The van der Waals surface area contributed by atoms with Gasteiger partial charge in [-0.15, -0.1) is 0 Å². The minimum Gasteiger partial charge on any atom is -0.379 e. The first-order valence-electron chi connectivity index (χ1n) is 5.60. The van der Waals surface area contributed by atoms with E-state index in [4.69, 9.17) is 4.74 Å². The topological polar surface area (TPSA) is 39.1 Å². The van der Waals surface area contributed by atoms with Crippen LogP contribution in [0.3, 0.4) is 0 Å². The summed E-state index contributed by atoms with van der Waals surface area (Å²) in [5, 5.41) is 3.43. The Balaban J connectivity index is 1.94. The van der Waals surface area contributed by atoms with Gasteiger partial charge in [0.15, 0.2) is 0 Å². The van der Waals surface area contributed by atoms with E-state index in [2.05, 4.69) is 20.9 Å². The largest absolute Gasteiger partial charge is 0.379 e. The van der Waals surface area contributed by atoms with E-state index < -0.39 is 0 Å². The monoisotopic (exact) mass is 217 g/mol. The molecule has 3 rings (SSSR count). The zero-order valence-corrected chi connectivity index (χ0v) is 9.31. The first-order valence-corrected chi connectivity index (χ1v) is 5.60. The summed E-state index contributed by atoms with van der Waals surface area (Å²) in [6.07, 6.45) is 1.06. The highest BCUT2D eigenvalue weighted by Gasteiger charge is 2.17. The molecule has 0 saturated carbocycles. The number of hydrogen-bond donors (Lipinski definition) is 1. The average Bonchev–Trinajstić information content (AvgIpc) is 2.90. The molecule has 1 aromatic carbocycles. The van der Waals surface area contributed by atoms with Crippen molar-refractivity contribution in [3.63, 3.8) is 0 Å². The van der Waals surface area contributed by atoms with Crippen LogP contribution in [0.4, 0.5) is 5.95 Å². The fourth-order valence-corrected chi connectivity index (χ4v) is 2.11. The lowest BCUT2D eigenvalue weighted by Crippen LogP contribution is -2.21. The molecule has 1 aliphatic rings. The zero-order valence-electron chi connectivity index (χ0n) is 9.31. The van der Waals surface area contributed by atoms with Gasteiger partial charge in [0.2, 0.25) is 5.95 Å². The molecule has 1 N–H and O–H groups in total. The Labute approximate surface area is 94.2 Å². The Kier molecular flexibility index (Phi) is 2.29. The van der Waals surface area contributed by atoms with Crippen LogP contribution in [0.2, 0.25) is 0 Å². The summed E-state index contributed by atoms with van der Waals surface area (Å²) in [6.45, 7) is 1.63. The van der Waals surface area contributed by atoms with Crippen LogP contribution in [-0.2, 0) is 11.8 Å². The van der Waals surface area contributed by atoms with Gasteiger partial charge in [-0.1, -0.05) is 12.1 Å². The van der Waals surface area contributed by atoms with Gasteiger partial charge in [0.1, 0.15) is 0 Å². The smallest absolute Gasteiger partial charge is 0.203 e. The van der Waals surface area contributed by atoms with Gasteiger partial charge >= 0.3 is 0 Å². The van der Waals surface area contributed by atoms with E-state index in [9.17, 15) is 0 Å². The predicted molar refractivity (Wildman–Crippen MR) is 63.6 cm³/mol. The van der Waals surface area contributed by atoms with E-state index in [0.29, 0.717) is 6.04 Å². The molecule has 4 nitrogen and oxygen atoms in total. The number of benzene rings is 1. The van der Waals surface area contributed by atoms with Crippen LogP contribution >= 0.6 is 0 Å². The van der Waals surface area contributed by atoms with Gasteiger partial charge in [-0.3, -0.25) is 0 Å². The van der Waals surface area contributed by atoms with Crippen LogP contribution in [-0.4, -0.2) is 28.8 Å². The zero-order chi connectivity index (χ0) is 11.0. The summed E-state index contributed by atoms with van der Waals surface area (Å²) >= 11 is 0. The van der Waals surface area contributed by atoms with Crippen LogP contribution in [0.15, 0.2) is 24.3 Å². The first-order chi connectivity index (χ1) is 7.84. The van der Waals surface area contributed by atoms with Crippen LogP contribution in [0, 0.1) is 0 Å². The Morgan fingerprint density at radius 2 is 2.31 bits per heavy atom. The summed E-state index contributed by atoms with van der Waals surface area (Å²) in [7, 11) is 2.04. The molecule has 1 fully saturated rings. The van der Waals surface area contributed by atoms with Gasteiger partial charge in [0.05, 0.1) is 23.7 Å². The van der Waals surface area contributed by atoms with Crippen molar-refractivity contribution >= 4 is 17.0 Å². The van der Waals surface area contributed by atoms with Crippen LogP contribution < -0.4 is 5.32 Å². The number of fused-ring (bicyclic) bond motifs is 1. The van der Waals surface area contributed by atoms with Crippen molar-refractivity contribution < 1.29 is 4.74 Å². The highest BCUT2D eigenvalue weighted by molar-refractivity contribution is 5.78. The van der Waals surface area contributed by atoms with E-state index in [1.54, 1.807) is 0 Å². The van der Waals surface area contributed by atoms with E-state index >= 15 is 0 Å². The maximum absolute atomic E-state index is 5.34. The molecule has 0 amide bonds. The van der Waals surface area contributed by atoms with Crippen molar-refractivity contribution in [1.29, 1.82) is 0 Å². The number of rotatable bonds is 2. The van der Waals surface area contributed by atoms with Gasteiger partial charge < -0.3 is 14.6 Å². The molecule has 0 bridgehead atoms. The highest BCUT2D eigenvalue weighted by Crippen LogP contribution is 2.19. The molecule has 84 valence electrons. The molecule has 0 aliphatic carbocycles. The second kappa shape index (κ2) is 3.79.